The molecule has 1 aromatic carbocycles. The molecule has 88 valence electrons. The lowest BCUT2D eigenvalue weighted by Crippen LogP contribution is -2.38. The first-order valence-electron chi connectivity index (χ1n) is 5.32. The number of urea groups is 1. The van der Waals surface area contributed by atoms with Crippen molar-refractivity contribution in [2.24, 2.45) is 5.92 Å². The van der Waals surface area contributed by atoms with Gasteiger partial charge < -0.3 is 10.6 Å². The first-order chi connectivity index (χ1) is 7.49. The number of rotatable bonds is 3. The van der Waals surface area contributed by atoms with E-state index in [4.69, 9.17) is 11.6 Å². The van der Waals surface area contributed by atoms with Gasteiger partial charge in [-0.2, -0.15) is 0 Å². The molecule has 4 heteroatoms. The standard InChI is InChI=1S/C12H17ClN2O/c1-8(2)9(3)14-12(16)15-11-6-4-5-10(13)7-11/h4-9H,1-3H3,(H2,14,15,16)/t9-/m1/s1. The number of anilines is 1. The van der Waals surface area contributed by atoms with Gasteiger partial charge in [0.25, 0.3) is 0 Å². The molecule has 2 amide bonds. The van der Waals surface area contributed by atoms with Gasteiger partial charge in [-0.25, -0.2) is 4.79 Å². The minimum absolute atomic E-state index is 0.138. The third-order valence-electron chi connectivity index (χ3n) is 2.44. The molecule has 16 heavy (non-hydrogen) atoms. The van der Waals surface area contributed by atoms with Crippen molar-refractivity contribution in [1.29, 1.82) is 0 Å². The summed E-state index contributed by atoms with van der Waals surface area (Å²) in [6.45, 7) is 6.09. The topological polar surface area (TPSA) is 41.1 Å². The normalized spacial score (nSPS) is 12.3. The molecule has 0 unspecified atom stereocenters. The molecule has 0 saturated carbocycles. The van der Waals surface area contributed by atoms with Crippen LogP contribution in [0.1, 0.15) is 20.8 Å². The molecule has 0 aliphatic carbocycles. The van der Waals surface area contributed by atoms with Gasteiger partial charge in [0.15, 0.2) is 0 Å². The SMILES string of the molecule is CC(C)[C@@H](C)NC(=O)Nc1cccc(Cl)c1. The molecule has 0 aliphatic heterocycles. The highest BCUT2D eigenvalue weighted by atomic mass is 35.5. The summed E-state index contributed by atoms with van der Waals surface area (Å²) in [4.78, 5) is 11.6. The van der Waals surface area contributed by atoms with Gasteiger partial charge in [-0.15, -0.1) is 0 Å². The van der Waals surface area contributed by atoms with E-state index in [2.05, 4.69) is 24.5 Å². The Bertz CT molecular complexity index is 366. The summed E-state index contributed by atoms with van der Waals surface area (Å²) in [6.07, 6.45) is 0. The van der Waals surface area contributed by atoms with Gasteiger partial charge in [0, 0.05) is 16.8 Å². The summed E-state index contributed by atoms with van der Waals surface area (Å²) in [5.74, 6) is 0.408. The maximum Gasteiger partial charge on any atom is 0.319 e. The van der Waals surface area contributed by atoms with Crippen LogP contribution in [0.15, 0.2) is 24.3 Å². The Morgan fingerprint density at radius 2 is 2.00 bits per heavy atom. The van der Waals surface area contributed by atoms with Crippen LogP contribution in [0.2, 0.25) is 5.02 Å². The predicted octanol–water partition coefficient (Wildman–Crippen LogP) is 3.51. The summed E-state index contributed by atoms with van der Waals surface area (Å²) < 4.78 is 0. The van der Waals surface area contributed by atoms with Crippen LogP contribution in [0.3, 0.4) is 0 Å². The number of carbonyl (C=O) groups excluding carboxylic acids is 1. The average Bonchev–Trinajstić information content (AvgIpc) is 2.16. The first kappa shape index (κ1) is 12.8. The second kappa shape index (κ2) is 5.75. The van der Waals surface area contributed by atoms with Crippen molar-refractivity contribution < 1.29 is 4.79 Å². The number of halogens is 1. The molecule has 3 nitrogen and oxygen atoms in total. The number of nitrogens with one attached hydrogen (secondary N) is 2. The van der Waals surface area contributed by atoms with E-state index in [-0.39, 0.29) is 12.1 Å². The molecule has 1 atom stereocenters. The van der Waals surface area contributed by atoms with E-state index < -0.39 is 0 Å². The lowest BCUT2D eigenvalue weighted by Gasteiger charge is -2.17. The summed E-state index contributed by atoms with van der Waals surface area (Å²) in [6, 6.07) is 7.00. The van der Waals surface area contributed by atoms with Crippen molar-refractivity contribution in [1.82, 2.24) is 5.32 Å². The van der Waals surface area contributed by atoms with Crippen LogP contribution in [0.4, 0.5) is 10.5 Å². The van der Waals surface area contributed by atoms with E-state index >= 15 is 0 Å². The smallest absolute Gasteiger partial charge is 0.319 e. The summed E-state index contributed by atoms with van der Waals surface area (Å²) >= 11 is 5.81. The van der Waals surface area contributed by atoms with E-state index in [0.717, 1.165) is 0 Å². The molecule has 0 aromatic heterocycles. The van der Waals surface area contributed by atoms with Crippen LogP contribution in [-0.2, 0) is 0 Å². The Morgan fingerprint density at radius 1 is 1.31 bits per heavy atom. The molecule has 0 bridgehead atoms. The maximum absolute atomic E-state index is 11.6. The van der Waals surface area contributed by atoms with Crippen molar-refractivity contribution in [2.45, 2.75) is 26.8 Å². The van der Waals surface area contributed by atoms with Gasteiger partial charge in [-0.05, 0) is 31.0 Å². The molecule has 1 rings (SSSR count). The lowest BCUT2D eigenvalue weighted by molar-refractivity contribution is 0.246. The molecule has 0 aliphatic rings. The Labute approximate surface area is 101 Å². The fraction of sp³-hybridized carbons (Fsp3) is 0.417. The van der Waals surface area contributed by atoms with Crippen LogP contribution >= 0.6 is 11.6 Å². The highest BCUT2D eigenvalue weighted by molar-refractivity contribution is 6.30. The van der Waals surface area contributed by atoms with E-state index in [1.165, 1.54) is 0 Å². The van der Waals surface area contributed by atoms with Crippen molar-refractivity contribution in [3.8, 4) is 0 Å². The Morgan fingerprint density at radius 3 is 2.56 bits per heavy atom. The molecular weight excluding hydrogens is 224 g/mol. The number of benzene rings is 1. The third-order valence-corrected chi connectivity index (χ3v) is 2.68. The van der Waals surface area contributed by atoms with Crippen molar-refractivity contribution in [3.05, 3.63) is 29.3 Å². The summed E-state index contributed by atoms with van der Waals surface area (Å²) in [5, 5.41) is 6.19. The zero-order valence-corrected chi connectivity index (χ0v) is 10.5. The van der Waals surface area contributed by atoms with Crippen molar-refractivity contribution in [2.75, 3.05) is 5.32 Å². The predicted molar refractivity (Wildman–Crippen MR) is 67.9 cm³/mol. The van der Waals surface area contributed by atoms with Crippen LogP contribution in [-0.4, -0.2) is 12.1 Å². The monoisotopic (exact) mass is 240 g/mol. The number of hydrogen-bond acceptors (Lipinski definition) is 1. The fourth-order valence-electron chi connectivity index (χ4n) is 1.11. The van der Waals surface area contributed by atoms with E-state index in [9.17, 15) is 4.79 Å². The van der Waals surface area contributed by atoms with Gasteiger partial charge in [0.2, 0.25) is 0 Å². The molecule has 1 aromatic rings. The second-order valence-electron chi connectivity index (χ2n) is 4.14. The summed E-state index contributed by atoms with van der Waals surface area (Å²) in [7, 11) is 0. The maximum atomic E-state index is 11.6. The zero-order valence-electron chi connectivity index (χ0n) is 9.75. The largest absolute Gasteiger partial charge is 0.335 e. The number of carbonyl (C=O) groups is 1. The highest BCUT2D eigenvalue weighted by Crippen LogP contribution is 2.14. The van der Waals surface area contributed by atoms with Crippen molar-refractivity contribution in [3.63, 3.8) is 0 Å². The first-order valence-corrected chi connectivity index (χ1v) is 5.70. The highest BCUT2D eigenvalue weighted by Gasteiger charge is 2.10. The minimum Gasteiger partial charge on any atom is -0.335 e. The van der Waals surface area contributed by atoms with Gasteiger partial charge >= 0.3 is 6.03 Å². The average molecular weight is 241 g/mol. The second-order valence-corrected chi connectivity index (χ2v) is 4.58. The molecule has 0 heterocycles. The molecular formula is C12H17ClN2O. The third kappa shape index (κ3) is 4.11. The molecule has 0 spiro atoms. The molecule has 0 radical (unpaired) electrons. The zero-order chi connectivity index (χ0) is 12.1. The van der Waals surface area contributed by atoms with Gasteiger partial charge in [0.05, 0.1) is 0 Å². The molecule has 0 fully saturated rings. The van der Waals surface area contributed by atoms with E-state index in [1.807, 2.05) is 6.92 Å². The Hall–Kier alpha value is -1.22. The lowest BCUT2D eigenvalue weighted by atomic mass is 10.1. The van der Waals surface area contributed by atoms with Crippen LogP contribution < -0.4 is 10.6 Å². The molecule has 2 N–H and O–H groups in total. The summed E-state index contributed by atoms with van der Waals surface area (Å²) in [5.41, 5.74) is 0.695. The van der Waals surface area contributed by atoms with E-state index in [1.54, 1.807) is 24.3 Å². The van der Waals surface area contributed by atoms with Crippen molar-refractivity contribution >= 4 is 23.3 Å². The Kier molecular flexibility index (Phi) is 4.62. The quantitative estimate of drug-likeness (QED) is 0.834. The minimum atomic E-state index is -0.205. The van der Waals surface area contributed by atoms with Gasteiger partial charge in [-0.3, -0.25) is 0 Å². The van der Waals surface area contributed by atoms with Gasteiger partial charge in [-0.1, -0.05) is 31.5 Å². The van der Waals surface area contributed by atoms with E-state index in [0.29, 0.717) is 16.6 Å². The fourth-order valence-corrected chi connectivity index (χ4v) is 1.30. The van der Waals surface area contributed by atoms with Crippen LogP contribution in [0.25, 0.3) is 0 Å². The van der Waals surface area contributed by atoms with Crippen LogP contribution in [0.5, 0.6) is 0 Å². The number of amides is 2. The molecule has 0 saturated heterocycles. The Balaban J connectivity index is 2.52. The van der Waals surface area contributed by atoms with Gasteiger partial charge in [0.1, 0.15) is 0 Å². The van der Waals surface area contributed by atoms with Crippen LogP contribution in [0, 0.1) is 5.92 Å². The number of hydrogen-bond donors (Lipinski definition) is 2.